The summed E-state index contributed by atoms with van der Waals surface area (Å²) in [4.78, 5) is 12.8. The highest BCUT2D eigenvalue weighted by Crippen LogP contribution is 2.42. The van der Waals surface area contributed by atoms with Gasteiger partial charge in [0.1, 0.15) is 5.69 Å². The quantitative estimate of drug-likeness (QED) is 0.329. The Morgan fingerprint density at radius 2 is 1.78 bits per heavy atom. The summed E-state index contributed by atoms with van der Waals surface area (Å²) in [7, 11) is 0. The maximum absolute atomic E-state index is 14.9. The molecule has 1 aliphatic heterocycles. The van der Waals surface area contributed by atoms with Gasteiger partial charge >= 0.3 is 6.18 Å². The molecule has 4 aromatic rings. The van der Waals surface area contributed by atoms with Gasteiger partial charge in [0.15, 0.2) is 5.82 Å². The Hall–Kier alpha value is -2.84. The van der Waals surface area contributed by atoms with Crippen molar-refractivity contribution in [3.05, 3.63) is 87.0 Å². The lowest BCUT2D eigenvalue weighted by atomic mass is 9.92. The average Bonchev–Trinajstić information content (AvgIpc) is 3.15. The van der Waals surface area contributed by atoms with Crippen LogP contribution in [0.25, 0.3) is 10.9 Å². The zero-order valence-electron chi connectivity index (χ0n) is 16.2. The number of aromatic nitrogens is 3. The first-order valence-corrected chi connectivity index (χ1v) is 10.4. The fourth-order valence-corrected chi connectivity index (χ4v) is 4.45. The molecule has 1 N–H and O–H groups in total. The van der Waals surface area contributed by atoms with Gasteiger partial charge in [0.25, 0.3) is 0 Å². The van der Waals surface area contributed by atoms with Gasteiger partial charge in [0, 0.05) is 34.4 Å². The molecule has 1 aliphatic rings. The zero-order valence-corrected chi connectivity index (χ0v) is 17.7. The molecule has 164 valence electrons. The number of hydrogen-bond donors (Lipinski definition) is 1. The van der Waals surface area contributed by atoms with E-state index in [1.165, 1.54) is 6.07 Å². The van der Waals surface area contributed by atoms with E-state index in [1.807, 2.05) is 0 Å². The van der Waals surface area contributed by atoms with E-state index in [-0.39, 0.29) is 17.5 Å². The second kappa shape index (κ2) is 7.64. The van der Waals surface area contributed by atoms with Gasteiger partial charge in [0.05, 0.1) is 11.1 Å². The lowest BCUT2D eigenvalue weighted by molar-refractivity contribution is -0.141. The first-order chi connectivity index (χ1) is 15.2. The van der Waals surface area contributed by atoms with Crippen LogP contribution in [0, 0.1) is 5.82 Å². The largest absolute Gasteiger partial charge is 0.433 e. The molecule has 10 heteroatoms. The number of H-pyrrole nitrogens is 1. The topological polar surface area (TPSA) is 44.8 Å². The number of hydrogen-bond acceptors (Lipinski definition) is 3. The number of aromatic amines is 1. The second-order valence-corrected chi connectivity index (χ2v) is 8.28. The van der Waals surface area contributed by atoms with Gasteiger partial charge in [0.2, 0.25) is 5.95 Å². The molecule has 0 aliphatic carbocycles. The fourth-order valence-electron chi connectivity index (χ4n) is 4.17. The highest BCUT2D eigenvalue weighted by molar-refractivity contribution is 6.31. The van der Waals surface area contributed by atoms with Gasteiger partial charge in [-0.3, -0.25) is 0 Å². The molecular weight excluding hydrogens is 467 g/mol. The number of rotatable bonds is 2. The summed E-state index contributed by atoms with van der Waals surface area (Å²) in [6.45, 7) is 0.278. The average molecular weight is 481 g/mol. The standard InChI is InChI=1S/C22H14Cl2F4N4/c23-12-3-1-11(2-4-12)20-19-13(17-15(30-19)6-5-14(24)18(17)25)8-10-32(20)21-29-9-7-16(31-21)22(26,27)28/h1-7,9,20,30H,8,10H2/t20-/m0/s1. The van der Waals surface area contributed by atoms with Crippen LogP contribution >= 0.6 is 23.2 Å². The Kier molecular flexibility index (Phi) is 5.02. The minimum atomic E-state index is -4.60. The molecule has 0 saturated carbocycles. The van der Waals surface area contributed by atoms with Gasteiger partial charge < -0.3 is 9.88 Å². The molecule has 0 unspecified atom stereocenters. The van der Waals surface area contributed by atoms with Gasteiger partial charge in [-0.25, -0.2) is 14.4 Å². The normalized spacial score (nSPS) is 16.4. The van der Waals surface area contributed by atoms with E-state index in [9.17, 15) is 17.6 Å². The van der Waals surface area contributed by atoms with Crippen LogP contribution in [0.4, 0.5) is 23.5 Å². The molecule has 3 heterocycles. The van der Waals surface area contributed by atoms with E-state index in [0.717, 1.165) is 23.4 Å². The van der Waals surface area contributed by atoms with Crippen LogP contribution in [0.1, 0.15) is 28.6 Å². The summed E-state index contributed by atoms with van der Waals surface area (Å²) in [5.41, 5.74) is 1.65. The van der Waals surface area contributed by atoms with Crippen molar-refractivity contribution < 1.29 is 17.6 Å². The van der Waals surface area contributed by atoms with Crippen molar-refractivity contribution in [1.29, 1.82) is 0 Å². The number of halogens is 6. The lowest BCUT2D eigenvalue weighted by Crippen LogP contribution is -2.37. The van der Waals surface area contributed by atoms with E-state index in [4.69, 9.17) is 23.2 Å². The third-order valence-electron chi connectivity index (χ3n) is 5.55. The highest BCUT2D eigenvalue weighted by Gasteiger charge is 2.37. The molecule has 5 rings (SSSR count). The van der Waals surface area contributed by atoms with Crippen molar-refractivity contribution in [2.75, 3.05) is 11.4 Å². The van der Waals surface area contributed by atoms with E-state index in [0.29, 0.717) is 28.0 Å². The number of nitrogens with zero attached hydrogens (tertiary/aromatic N) is 3. The van der Waals surface area contributed by atoms with Crippen LogP contribution in [0.2, 0.25) is 10.0 Å². The molecule has 0 radical (unpaired) electrons. The maximum Gasteiger partial charge on any atom is 0.433 e. The predicted molar refractivity (Wildman–Crippen MR) is 115 cm³/mol. The van der Waals surface area contributed by atoms with Crippen LogP contribution < -0.4 is 4.90 Å². The van der Waals surface area contributed by atoms with Crippen LogP contribution in [0.3, 0.4) is 0 Å². The fraction of sp³-hybridized carbons (Fsp3) is 0.182. The first-order valence-electron chi connectivity index (χ1n) is 9.65. The van der Waals surface area contributed by atoms with Gasteiger partial charge in [-0.1, -0.05) is 35.3 Å². The molecule has 0 bridgehead atoms. The Morgan fingerprint density at radius 1 is 1.03 bits per heavy atom. The van der Waals surface area contributed by atoms with E-state index in [2.05, 4.69) is 15.0 Å². The van der Waals surface area contributed by atoms with Crippen LogP contribution in [0.15, 0.2) is 48.7 Å². The van der Waals surface area contributed by atoms with E-state index in [1.54, 1.807) is 35.2 Å². The Morgan fingerprint density at radius 3 is 2.50 bits per heavy atom. The third-order valence-corrected chi connectivity index (χ3v) is 6.10. The van der Waals surface area contributed by atoms with Crippen molar-refractivity contribution in [2.24, 2.45) is 0 Å². The van der Waals surface area contributed by atoms with Crippen LogP contribution in [-0.2, 0) is 12.6 Å². The Labute approximate surface area is 189 Å². The highest BCUT2D eigenvalue weighted by atomic mass is 35.5. The molecule has 0 fully saturated rings. The molecule has 0 amide bonds. The van der Waals surface area contributed by atoms with Crippen LogP contribution in [-0.4, -0.2) is 21.5 Å². The smallest absolute Gasteiger partial charge is 0.356 e. The number of anilines is 1. The minimum Gasteiger partial charge on any atom is -0.356 e. The van der Waals surface area contributed by atoms with Crippen molar-refractivity contribution >= 4 is 40.1 Å². The SMILES string of the molecule is Fc1c(Cl)ccc2[nH]c3c(c12)CCN(c1nccc(C(F)(F)F)n1)[C@H]3c1ccc(Cl)cc1. The summed E-state index contributed by atoms with van der Waals surface area (Å²) < 4.78 is 54.7. The Bertz CT molecular complexity index is 1320. The van der Waals surface area contributed by atoms with E-state index >= 15 is 0 Å². The zero-order chi connectivity index (χ0) is 22.6. The number of fused-ring (bicyclic) bond motifs is 3. The maximum atomic E-state index is 14.9. The molecule has 2 aromatic carbocycles. The van der Waals surface area contributed by atoms with Gasteiger partial charge in [-0.15, -0.1) is 0 Å². The monoisotopic (exact) mass is 480 g/mol. The van der Waals surface area contributed by atoms with Crippen LogP contribution in [0.5, 0.6) is 0 Å². The molecular formula is C22H14Cl2F4N4. The van der Waals surface area contributed by atoms with Crippen molar-refractivity contribution in [3.63, 3.8) is 0 Å². The first kappa shape index (κ1) is 21.0. The number of nitrogens with one attached hydrogen (secondary N) is 1. The predicted octanol–water partition coefficient (Wildman–Crippen LogP) is 6.57. The molecule has 1 atom stereocenters. The summed E-state index contributed by atoms with van der Waals surface area (Å²) in [5.74, 6) is -0.595. The third kappa shape index (κ3) is 3.47. The number of alkyl halides is 3. The molecule has 32 heavy (non-hydrogen) atoms. The molecule has 4 nitrogen and oxygen atoms in total. The molecule has 0 saturated heterocycles. The summed E-state index contributed by atoms with van der Waals surface area (Å²) in [6, 6.07) is 10.3. The second-order valence-electron chi connectivity index (χ2n) is 7.44. The van der Waals surface area contributed by atoms with Gasteiger partial charge in [-0.2, -0.15) is 13.2 Å². The lowest BCUT2D eigenvalue weighted by Gasteiger charge is -2.36. The van der Waals surface area contributed by atoms with E-state index < -0.39 is 23.7 Å². The summed E-state index contributed by atoms with van der Waals surface area (Å²) in [6.07, 6.45) is -3.14. The van der Waals surface area contributed by atoms with Crippen molar-refractivity contribution in [2.45, 2.75) is 18.6 Å². The molecule has 2 aromatic heterocycles. The van der Waals surface area contributed by atoms with Crippen molar-refractivity contribution in [3.8, 4) is 0 Å². The van der Waals surface area contributed by atoms with Crippen molar-refractivity contribution in [1.82, 2.24) is 15.0 Å². The number of benzene rings is 2. The van der Waals surface area contributed by atoms with Gasteiger partial charge in [-0.05, 0) is 47.9 Å². The summed E-state index contributed by atoms with van der Waals surface area (Å²) >= 11 is 12.0. The minimum absolute atomic E-state index is 0.00554. The molecule has 0 spiro atoms. The Balaban J connectivity index is 1.71. The summed E-state index contributed by atoms with van der Waals surface area (Å²) in [5, 5.41) is 0.906.